The molecule has 0 aliphatic carbocycles. The van der Waals surface area contributed by atoms with Gasteiger partial charge in [-0.15, -0.1) is 0 Å². The summed E-state index contributed by atoms with van der Waals surface area (Å²) in [4.78, 5) is 43.2. The van der Waals surface area contributed by atoms with E-state index in [1.807, 2.05) is 0 Å². The smallest absolute Gasteiger partial charge is 0.390 e. The van der Waals surface area contributed by atoms with Gasteiger partial charge in [0.05, 0.1) is 23.7 Å². The summed E-state index contributed by atoms with van der Waals surface area (Å²) in [5.41, 5.74) is 1.27. The Morgan fingerprint density at radius 2 is 1.84 bits per heavy atom. The third kappa shape index (κ3) is 9.21. The molecule has 0 amide bonds. The number of hydrogen-bond donors (Lipinski definition) is 2. The van der Waals surface area contributed by atoms with Gasteiger partial charge in [0.25, 0.3) is 0 Å². The fraction of sp³-hybridized carbons (Fsp3) is 0.750. The number of hydrogen-bond acceptors (Lipinski definition) is 9. The molecule has 0 saturated heterocycles. The molecule has 0 bridgehead atoms. The van der Waals surface area contributed by atoms with Crippen LogP contribution in [0.4, 0.5) is 5.95 Å². The number of ketones is 2. The van der Waals surface area contributed by atoms with Crippen LogP contribution in [0, 0.1) is 10.1 Å². The molecular formula is C20H35N5O6. The molecule has 1 heterocycles. The molecule has 0 aliphatic heterocycles. The first-order valence-corrected chi connectivity index (χ1v) is 10.3. The minimum Gasteiger partial charge on any atom is -0.390 e. The summed E-state index contributed by atoms with van der Waals surface area (Å²) in [6, 6.07) is 0. The van der Waals surface area contributed by atoms with Gasteiger partial charge in [-0.2, -0.15) is 5.48 Å². The van der Waals surface area contributed by atoms with E-state index in [-0.39, 0.29) is 23.6 Å². The van der Waals surface area contributed by atoms with Gasteiger partial charge in [-0.1, -0.05) is 4.98 Å². The van der Waals surface area contributed by atoms with Gasteiger partial charge in [-0.25, -0.2) is 4.57 Å². The zero-order chi connectivity index (χ0) is 23.7. The summed E-state index contributed by atoms with van der Waals surface area (Å²) in [7, 11) is 0. The first-order chi connectivity index (χ1) is 14.4. The predicted octanol–water partition coefficient (Wildman–Crippen LogP) is 1.80. The van der Waals surface area contributed by atoms with Crippen LogP contribution in [-0.2, 0) is 25.7 Å². The third-order valence-corrected chi connectivity index (χ3v) is 5.14. The highest BCUT2D eigenvalue weighted by atomic mass is 16.7. The molecule has 1 rings (SSSR count). The number of rotatable bonds is 16. The van der Waals surface area contributed by atoms with Crippen LogP contribution in [-0.4, -0.2) is 63.0 Å². The quantitative estimate of drug-likeness (QED) is 0.223. The molecule has 0 fully saturated rings. The lowest BCUT2D eigenvalue weighted by atomic mass is 10.00. The van der Waals surface area contributed by atoms with Crippen molar-refractivity contribution >= 4 is 17.5 Å². The van der Waals surface area contributed by atoms with E-state index in [4.69, 9.17) is 9.57 Å². The van der Waals surface area contributed by atoms with Gasteiger partial charge >= 0.3 is 5.95 Å². The fourth-order valence-electron chi connectivity index (χ4n) is 2.30. The molecule has 1 aromatic rings. The fourth-order valence-corrected chi connectivity index (χ4v) is 2.30. The Morgan fingerprint density at radius 3 is 2.42 bits per heavy atom. The molecule has 1 atom stereocenters. The van der Waals surface area contributed by atoms with Crippen molar-refractivity contribution in [3.8, 4) is 0 Å². The molecule has 176 valence electrons. The second-order valence-corrected chi connectivity index (χ2v) is 8.52. The van der Waals surface area contributed by atoms with Crippen molar-refractivity contribution in [2.45, 2.75) is 78.1 Å². The number of ether oxygens (including phenoxy) is 1. The molecule has 0 spiro atoms. The van der Waals surface area contributed by atoms with Crippen LogP contribution in [0.1, 0.15) is 54.4 Å². The Bertz CT molecular complexity index is 716. The largest absolute Gasteiger partial charge is 0.434 e. The Morgan fingerprint density at radius 1 is 1.19 bits per heavy atom. The first kappa shape index (κ1) is 26.8. The monoisotopic (exact) mass is 441 g/mol. The van der Waals surface area contributed by atoms with Gasteiger partial charge in [0, 0.05) is 32.6 Å². The Labute approximate surface area is 183 Å². The van der Waals surface area contributed by atoms with Gasteiger partial charge in [-0.05, 0) is 46.5 Å². The summed E-state index contributed by atoms with van der Waals surface area (Å²) in [5.74, 6) is -0.243. The highest BCUT2D eigenvalue weighted by Crippen LogP contribution is 2.10. The average Bonchev–Trinajstić information content (AvgIpc) is 3.14. The summed E-state index contributed by atoms with van der Waals surface area (Å²) in [5, 5.41) is 14.0. The third-order valence-electron chi connectivity index (χ3n) is 5.14. The Kier molecular flexibility index (Phi) is 10.4. The van der Waals surface area contributed by atoms with E-state index < -0.39 is 16.0 Å². The molecule has 31 heavy (non-hydrogen) atoms. The lowest BCUT2D eigenvalue weighted by Crippen LogP contribution is -2.52. The van der Waals surface area contributed by atoms with Crippen LogP contribution in [0.25, 0.3) is 0 Å². The summed E-state index contributed by atoms with van der Waals surface area (Å²) < 4.78 is 7.12. The number of hydroxylamine groups is 1. The van der Waals surface area contributed by atoms with Gasteiger partial charge in [0.1, 0.15) is 18.2 Å². The minimum absolute atomic E-state index is 0.00752. The molecule has 11 nitrogen and oxygen atoms in total. The maximum Gasteiger partial charge on any atom is 0.434 e. The van der Waals surface area contributed by atoms with Crippen LogP contribution in [0.15, 0.2) is 12.4 Å². The Balaban J connectivity index is 2.48. The number of nitrogens with zero attached hydrogens (tertiary/aromatic N) is 3. The molecule has 2 N–H and O–H groups in total. The number of carbonyl (C=O) groups excluding carboxylic acids is 2. The second kappa shape index (κ2) is 12.0. The topological polar surface area (TPSA) is 138 Å². The number of Topliss-reactive ketones (excluding diaryl/α,β-unsaturated/α-hetero) is 2. The van der Waals surface area contributed by atoms with E-state index >= 15 is 0 Å². The van der Waals surface area contributed by atoms with E-state index in [1.165, 1.54) is 24.6 Å². The maximum atomic E-state index is 11.7. The molecule has 0 aromatic carbocycles. The van der Waals surface area contributed by atoms with Crippen LogP contribution >= 0.6 is 0 Å². The van der Waals surface area contributed by atoms with Crippen LogP contribution in [0.5, 0.6) is 0 Å². The van der Waals surface area contributed by atoms with Crippen LogP contribution in [0.2, 0.25) is 0 Å². The van der Waals surface area contributed by atoms with Crippen molar-refractivity contribution in [1.29, 1.82) is 0 Å². The van der Waals surface area contributed by atoms with Crippen molar-refractivity contribution in [3.63, 3.8) is 0 Å². The molecule has 0 aliphatic rings. The number of imidazole rings is 1. The van der Waals surface area contributed by atoms with Gasteiger partial charge in [-0.3, -0.25) is 14.4 Å². The van der Waals surface area contributed by atoms with E-state index in [0.29, 0.717) is 39.1 Å². The number of nitrogens with one attached hydrogen (secondary N) is 2. The van der Waals surface area contributed by atoms with Crippen molar-refractivity contribution < 1.29 is 24.1 Å². The van der Waals surface area contributed by atoms with Gasteiger partial charge in [0.15, 0.2) is 5.78 Å². The maximum absolute atomic E-state index is 11.7. The van der Waals surface area contributed by atoms with E-state index in [9.17, 15) is 19.7 Å². The highest BCUT2D eigenvalue weighted by molar-refractivity contribution is 5.85. The number of aromatic nitrogens is 2. The summed E-state index contributed by atoms with van der Waals surface area (Å²) >= 11 is 0. The predicted molar refractivity (Wildman–Crippen MR) is 114 cm³/mol. The van der Waals surface area contributed by atoms with Crippen LogP contribution in [0.3, 0.4) is 0 Å². The normalized spacial score (nSPS) is 13.2. The number of aryl methyl sites for hydroxylation is 1. The van der Waals surface area contributed by atoms with E-state index in [2.05, 4.69) is 15.8 Å². The lowest BCUT2D eigenvalue weighted by Gasteiger charge is -2.29. The van der Waals surface area contributed by atoms with Crippen molar-refractivity contribution in [2.75, 3.05) is 19.8 Å². The Hall–Kier alpha value is -2.21. The summed E-state index contributed by atoms with van der Waals surface area (Å²) in [6.07, 6.45) is 3.73. The van der Waals surface area contributed by atoms with Crippen LogP contribution < -0.4 is 10.8 Å². The van der Waals surface area contributed by atoms with E-state index in [0.717, 1.165) is 0 Å². The van der Waals surface area contributed by atoms with Crippen molar-refractivity contribution in [1.82, 2.24) is 20.3 Å². The molecular weight excluding hydrogens is 406 g/mol. The SMILES string of the molecule is CC(=O)C(C)(C)NCC(CCOCCCn1ccnc1[N+](=O)[O-])ONC(C)(C)C(C)=O. The highest BCUT2D eigenvalue weighted by Gasteiger charge is 2.27. The molecule has 1 unspecified atom stereocenters. The average molecular weight is 442 g/mol. The summed E-state index contributed by atoms with van der Waals surface area (Å²) in [6.45, 7) is 11.7. The van der Waals surface area contributed by atoms with Crippen molar-refractivity contribution in [2.24, 2.45) is 0 Å². The molecule has 0 saturated carbocycles. The van der Waals surface area contributed by atoms with E-state index in [1.54, 1.807) is 33.9 Å². The minimum atomic E-state index is -0.839. The molecule has 0 radical (unpaired) electrons. The zero-order valence-corrected chi connectivity index (χ0v) is 19.3. The standard InChI is InChI=1S/C20H35N5O6/c1-15(26)19(3,4)22-14-17(31-23-20(5,6)16(2)27)8-13-30-12-7-10-24-11-9-21-18(24)25(28)29/h9,11,17,22-23H,7-8,10,12-14H2,1-6H3. The number of carbonyl (C=O) groups is 2. The first-order valence-electron chi connectivity index (χ1n) is 10.3. The lowest BCUT2D eigenvalue weighted by molar-refractivity contribution is -0.396. The second-order valence-electron chi connectivity index (χ2n) is 8.52. The van der Waals surface area contributed by atoms with Crippen molar-refractivity contribution in [3.05, 3.63) is 22.5 Å². The van der Waals surface area contributed by atoms with Gasteiger partial charge in [0.2, 0.25) is 0 Å². The zero-order valence-electron chi connectivity index (χ0n) is 19.3. The number of nitro groups is 1. The molecule has 11 heteroatoms. The molecule has 1 aromatic heterocycles. The van der Waals surface area contributed by atoms with Gasteiger partial charge < -0.3 is 20.2 Å².